The standard InChI is InChI=1S/C39H47N6O18P3S/c1-4-43-14-6-9-24-16-29-33(18-31(24)43)61-34-19-32-28(17-30(34)41-29)26(23-67(56,57)58)20-39(2,3)45(32)15-7-10-35(46)40-13-5-8-25-21-44(38(48)42-37(25)47)36-12-11-27(60-36)22-59-65(52,53)63-66(54,55)62-64(49,50)51/h16-21,27,36H,4,6-7,9-15,22-23H2,1-3H3,(H6-,40,42,46,47,48,49,50,51,52,53,54,55,56,57,58)/t27-,36+/m0/s1. The zero-order valence-electron chi connectivity index (χ0n) is 36.1. The van der Waals surface area contributed by atoms with E-state index in [1.807, 2.05) is 30.9 Å². The van der Waals surface area contributed by atoms with Crippen LogP contribution in [0.5, 0.6) is 11.5 Å². The first-order valence-corrected chi connectivity index (χ1v) is 26.9. The van der Waals surface area contributed by atoms with E-state index in [2.05, 4.69) is 46.8 Å². The van der Waals surface area contributed by atoms with Crippen LogP contribution in [0.3, 0.4) is 0 Å². The monoisotopic (exact) mass is 1010 g/mol. The van der Waals surface area contributed by atoms with Crippen molar-refractivity contribution in [3.05, 3.63) is 84.8 Å². The number of phosphoric acid groups is 3. The van der Waals surface area contributed by atoms with E-state index in [0.717, 1.165) is 42.1 Å². The van der Waals surface area contributed by atoms with Gasteiger partial charge < -0.3 is 43.8 Å². The Kier molecular flexibility index (Phi) is 14.6. The van der Waals surface area contributed by atoms with Crippen molar-refractivity contribution in [1.82, 2.24) is 19.4 Å². The highest BCUT2D eigenvalue weighted by Gasteiger charge is 2.42. The predicted octanol–water partition coefficient (Wildman–Crippen LogP) is 1.55. The summed E-state index contributed by atoms with van der Waals surface area (Å²) in [6.45, 7) is 7.03. The second-order valence-corrected chi connectivity index (χ2v) is 22.3. The van der Waals surface area contributed by atoms with E-state index >= 15 is 0 Å². The van der Waals surface area contributed by atoms with Gasteiger partial charge in [-0.3, -0.25) is 23.7 Å². The maximum Gasteiger partial charge on any atom is 0.490 e. The lowest BCUT2D eigenvalue weighted by molar-refractivity contribution is -0.120. The molecule has 4 aliphatic rings. The Morgan fingerprint density at radius 2 is 1.85 bits per heavy atom. The number of carbonyl (C=O) groups excluding carboxylic acids is 1. The van der Waals surface area contributed by atoms with Crippen molar-refractivity contribution in [2.45, 2.75) is 77.2 Å². The van der Waals surface area contributed by atoms with Gasteiger partial charge in [-0.25, -0.2) is 36.5 Å². The molecular formula is C39H47N6O18P3S. The molecule has 28 heteroatoms. The number of hydrogen-bond acceptors (Lipinski definition) is 16. The number of nitrogens with one attached hydrogen (secondary N) is 2. The molecule has 67 heavy (non-hydrogen) atoms. The second kappa shape index (κ2) is 19.4. The molecule has 0 bridgehead atoms. The SMILES string of the molecule is CC[N+]1=c2cc3c(cc2CCC1)=Nc1cc2c(cc1O3)N(CCCC(=O)NCC#Cc1cn([C@H]3CC[C@@H](COP(=O)(O)OP(=O)(O)OP(=O)(O)O)O3)c(=O)[nH]c1=O)C(C)(C)C=C2CS(=O)(=O)[O-]. The first-order valence-electron chi connectivity index (χ1n) is 20.8. The Bertz CT molecular complexity index is 3120. The van der Waals surface area contributed by atoms with Crippen LogP contribution in [0.25, 0.3) is 5.57 Å². The van der Waals surface area contributed by atoms with Crippen LogP contribution >= 0.6 is 23.5 Å². The van der Waals surface area contributed by atoms with Crippen LogP contribution < -0.4 is 41.5 Å². The first-order chi connectivity index (χ1) is 31.3. The molecule has 4 atom stereocenters. The highest BCUT2D eigenvalue weighted by atomic mass is 32.2. The van der Waals surface area contributed by atoms with E-state index in [1.54, 1.807) is 18.2 Å². The molecule has 24 nitrogen and oxygen atoms in total. The summed E-state index contributed by atoms with van der Waals surface area (Å²) in [6.07, 6.45) is 3.39. The van der Waals surface area contributed by atoms with E-state index < -0.39 is 75.1 Å². The van der Waals surface area contributed by atoms with Crippen molar-refractivity contribution >= 4 is 56.4 Å². The average Bonchev–Trinajstić information content (AvgIpc) is 3.68. The number of benzene rings is 2. The molecule has 0 saturated carbocycles. The topological polar surface area (TPSA) is 338 Å². The smallest absolute Gasteiger partial charge is 0.490 e. The number of H-pyrrole nitrogens is 1. The van der Waals surface area contributed by atoms with Crippen LogP contribution in [-0.2, 0) is 52.9 Å². The van der Waals surface area contributed by atoms with Crippen molar-refractivity contribution in [3.63, 3.8) is 0 Å². The first kappa shape index (κ1) is 50.3. The molecular weight excluding hydrogens is 965 g/mol. The van der Waals surface area contributed by atoms with Crippen molar-refractivity contribution in [2.24, 2.45) is 4.99 Å². The van der Waals surface area contributed by atoms with Crippen LogP contribution in [0.1, 0.15) is 75.8 Å². The van der Waals surface area contributed by atoms with Gasteiger partial charge in [-0.1, -0.05) is 17.9 Å². The summed E-state index contributed by atoms with van der Waals surface area (Å²) in [7, 11) is -21.4. The molecule has 0 spiro atoms. The zero-order valence-corrected chi connectivity index (χ0v) is 39.6. The number of aryl methyl sites for hydroxylation is 1. The minimum absolute atomic E-state index is 0.0476. The maximum absolute atomic E-state index is 13.0. The molecule has 362 valence electrons. The van der Waals surface area contributed by atoms with E-state index in [1.165, 1.54) is 5.56 Å². The van der Waals surface area contributed by atoms with Crippen LogP contribution in [0, 0.1) is 11.8 Å². The molecule has 6 N–H and O–H groups in total. The lowest BCUT2D eigenvalue weighted by Crippen LogP contribution is -2.46. The molecule has 1 aromatic heterocycles. The number of amides is 1. The Balaban J connectivity index is 0.977. The number of carbonyl (C=O) groups is 1. The molecule has 3 aromatic rings. The molecule has 7 rings (SSSR count). The fourth-order valence-electron chi connectivity index (χ4n) is 8.29. The second-order valence-electron chi connectivity index (χ2n) is 16.4. The van der Waals surface area contributed by atoms with Crippen LogP contribution in [0.2, 0.25) is 0 Å². The zero-order chi connectivity index (χ0) is 48.7. The highest BCUT2D eigenvalue weighted by molar-refractivity contribution is 7.86. The number of anilines is 1. The van der Waals surface area contributed by atoms with Crippen molar-refractivity contribution in [1.29, 1.82) is 0 Å². The number of fused-ring (bicyclic) bond motifs is 4. The predicted molar refractivity (Wildman–Crippen MR) is 236 cm³/mol. The van der Waals surface area contributed by atoms with Crippen molar-refractivity contribution in [2.75, 3.05) is 43.4 Å². The van der Waals surface area contributed by atoms with E-state index in [4.69, 9.17) is 24.3 Å². The number of aromatic nitrogens is 2. The van der Waals surface area contributed by atoms with Gasteiger partial charge in [-0.2, -0.15) is 8.62 Å². The normalized spacial score (nSPS) is 20.3. The fraction of sp³-hybridized carbons (Fsp3) is 0.462. The molecule has 2 unspecified atom stereocenters. The van der Waals surface area contributed by atoms with E-state index in [9.17, 15) is 50.8 Å². The van der Waals surface area contributed by atoms with E-state index in [-0.39, 0.29) is 37.3 Å². The number of rotatable bonds is 16. The van der Waals surface area contributed by atoms with Crippen LogP contribution in [0.15, 0.2) is 51.1 Å². The van der Waals surface area contributed by atoms with Gasteiger partial charge >= 0.3 is 29.2 Å². The lowest BCUT2D eigenvalue weighted by atomic mass is 9.88. The van der Waals surface area contributed by atoms with Crippen molar-refractivity contribution < 1.29 is 73.7 Å². The molecule has 1 fully saturated rings. The molecule has 5 heterocycles. The van der Waals surface area contributed by atoms with Gasteiger partial charge in [-0.05, 0) is 64.2 Å². The number of nitrogens with zero attached hydrogens (tertiary/aromatic N) is 4. The van der Waals surface area contributed by atoms with Gasteiger partial charge in [0.2, 0.25) is 11.3 Å². The van der Waals surface area contributed by atoms with Crippen LogP contribution in [0.4, 0.5) is 11.4 Å². The Labute approximate surface area is 382 Å². The van der Waals surface area contributed by atoms with Gasteiger partial charge in [0.15, 0.2) is 11.5 Å². The molecule has 0 aliphatic carbocycles. The maximum atomic E-state index is 13.0. The van der Waals surface area contributed by atoms with Gasteiger partial charge in [0, 0.05) is 48.5 Å². The van der Waals surface area contributed by atoms with Crippen LogP contribution in [-0.4, -0.2) is 98.2 Å². The number of hydrogen-bond donors (Lipinski definition) is 6. The fourth-order valence-corrected chi connectivity index (χ4v) is 12.0. The summed E-state index contributed by atoms with van der Waals surface area (Å²) in [6, 6.07) is 7.54. The summed E-state index contributed by atoms with van der Waals surface area (Å²) in [5.41, 5.74) is 0.431. The Morgan fingerprint density at radius 3 is 2.57 bits per heavy atom. The Hall–Kier alpha value is -4.63. The number of ether oxygens (including phenoxy) is 2. The lowest BCUT2D eigenvalue weighted by Gasteiger charge is -2.44. The van der Waals surface area contributed by atoms with Crippen molar-refractivity contribution in [3.8, 4) is 23.3 Å². The Morgan fingerprint density at radius 1 is 1.09 bits per heavy atom. The number of aromatic amines is 1. The summed E-state index contributed by atoms with van der Waals surface area (Å²) >= 11 is 0. The summed E-state index contributed by atoms with van der Waals surface area (Å²) in [5, 5.41) is 4.41. The van der Waals surface area contributed by atoms with Gasteiger partial charge in [-0.15, -0.1) is 0 Å². The average molecular weight is 1010 g/mol. The summed E-state index contributed by atoms with van der Waals surface area (Å²) in [4.78, 5) is 83.6. The number of phosphoric ester groups is 1. The molecule has 4 aliphatic heterocycles. The summed E-state index contributed by atoms with van der Waals surface area (Å²) in [5.74, 6) is 5.21. The third-order valence-corrected chi connectivity index (χ3v) is 15.5. The molecule has 1 amide bonds. The van der Waals surface area contributed by atoms with Gasteiger partial charge in [0.1, 0.15) is 35.9 Å². The molecule has 1 saturated heterocycles. The summed E-state index contributed by atoms with van der Waals surface area (Å²) < 4.78 is 98.1. The van der Waals surface area contributed by atoms with E-state index in [0.29, 0.717) is 52.3 Å². The third-order valence-electron chi connectivity index (χ3n) is 11.1. The minimum atomic E-state index is -5.73. The van der Waals surface area contributed by atoms with Gasteiger partial charge in [0.05, 0.1) is 46.7 Å². The third kappa shape index (κ3) is 12.5. The highest BCUT2D eigenvalue weighted by Crippen LogP contribution is 2.66. The molecule has 0 radical (unpaired) electrons. The minimum Gasteiger partial charge on any atom is -0.748 e. The quantitative estimate of drug-likeness (QED) is 0.0401. The largest absolute Gasteiger partial charge is 0.748 e. The van der Waals surface area contributed by atoms with Gasteiger partial charge in [0.25, 0.3) is 5.56 Å². The molecule has 2 aromatic carbocycles.